The van der Waals surface area contributed by atoms with Gasteiger partial charge in [-0.05, 0) is 55.7 Å². The van der Waals surface area contributed by atoms with Gasteiger partial charge < -0.3 is 16.0 Å². The first-order valence-electron chi connectivity index (χ1n) is 7.44. The van der Waals surface area contributed by atoms with Crippen molar-refractivity contribution in [1.82, 2.24) is 5.32 Å². The highest BCUT2D eigenvalue weighted by Crippen LogP contribution is 2.44. The van der Waals surface area contributed by atoms with Crippen LogP contribution in [0.2, 0.25) is 0 Å². The zero-order chi connectivity index (χ0) is 14.3. The van der Waals surface area contributed by atoms with Crippen LogP contribution >= 0.6 is 0 Å². The van der Waals surface area contributed by atoms with Crippen LogP contribution in [0, 0.1) is 11.8 Å². The summed E-state index contributed by atoms with van der Waals surface area (Å²) in [5, 5.41) is 3.22. The van der Waals surface area contributed by atoms with E-state index in [1.165, 1.54) is 25.7 Å². The van der Waals surface area contributed by atoms with Crippen LogP contribution < -0.4 is 16.0 Å². The van der Waals surface area contributed by atoms with Crippen molar-refractivity contribution < 1.29 is 4.79 Å². The van der Waals surface area contributed by atoms with E-state index in [9.17, 15) is 4.79 Å². The van der Waals surface area contributed by atoms with E-state index in [0.29, 0.717) is 29.1 Å². The molecule has 20 heavy (non-hydrogen) atoms. The minimum Gasteiger partial charge on any atom is -0.397 e. The van der Waals surface area contributed by atoms with E-state index in [2.05, 4.69) is 5.32 Å². The van der Waals surface area contributed by atoms with E-state index < -0.39 is 0 Å². The van der Waals surface area contributed by atoms with E-state index >= 15 is 0 Å². The predicted octanol–water partition coefficient (Wildman–Crippen LogP) is 2.25. The third-order valence-electron chi connectivity index (χ3n) is 4.33. The van der Waals surface area contributed by atoms with Gasteiger partial charge in [0.25, 0.3) is 5.91 Å². The first-order chi connectivity index (χ1) is 9.56. The standard InChI is InChI=1S/C16H23N3O/c1-19(2)14-8-7-12(9-13(14)17)16(20)18-15(10-3-4-10)11-5-6-11/h7-11,15H,3-6,17H2,1-2H3,(H,18,20). The lowest BCUT2D eigenvalue weighted by Gasteiger charge is -2.19. The lowest BCUT2D eigenvalue weighted by molar-refractivity contribution is 0.0926. The average Bonchev–Trinajstić information content (AvgIpc) is 3.28. The average molecular weight is 273 g/mol. The van der Waals surface area contributed by atoms with Crippen molar-refractivity contribution >= 4 is 17.3 Å². The maximum atomic E-state index is 12.4. The van der Waals surface area contributed by atoms with E-state index in [4.69, 9.17) is 5.73 Å². The molecular weight excluding hydrogens is 250 g/mol. The van der Waals surface area contributed by atoms with E-state index in [0.717, 1.165) is 5.69 Å². The van der Waals surface area contributed by atoms with Gasteiger partial charge in [-0.15, -0.1) is 0 Å². The van der Waals surface area contributed by atoms with Gasteiger partial charge in [-0.3, -0.25) is 4.79 Å². The van der Waals surface area contributed by atoms with Crippen LogP contribution in [0.5, 0.6) is 0 Å². The van der Waals surface area contributed by atoms with Crippen LogP contribution in [0.25, 0.3) is 0 Å². The van der Waals surface area contributed by atoms with Gasteiger partial charge >= 0.3 is 0 Å². The van der Waals surface area contributed by atoms with E-state index in [-0.39, 0.29) is 5.91 Å². The molecule has 0 heterocycles. The summed E-state index contributed by atoms with van der Waals surface area (Å²) in [6.45, 7) is 0. The zero-order valence-corrected chi connectivity index (χ0v) is 12.2. The van der Waals surface area contributed by atoms with Gasteiger partial charge in [0, 0.05) is 25.7 Å². The number of hydrogen-bond acceptors (Lipinski definition) is 3. The fraction of sp³-hybridized carbons (Fsp3) is 0.562. The van der Waals surface area contributed by atoms with Crippen molar-refractivity contribution in [3.8, 4) is 0 Å². The minimum absolute atomic E-state index is 0.0193. The summed E-state index contributed by atoms with van der Waals surface area (Å²) in [4.78, 5) is 14.3. The van der Waals surface area contributed by atoms with Crippen molar-refractivity contribution in [3.05, 3.63) is 23.8 Å². The van der Waals surface area contributed by atoms with Crippen molar-refractivity contribution in [2.24, 2.45) is 11.8 Å². The van der Waals surface area contributed by atoms with E-state index in [1.807, 2.05) is 31.1 Å². The molecule has 108 valence electrons. The zero-order valence-electron chi connectivity index (χ0n) is 12.2. The Morgan fingerprint density at radius 3 is 2.30 bits per heavy atom. The number of benzene rings is 1. The van der Waals surface area contributed by atoms with Crippen LogP contribution in [-0.4, -0.2) is 26.0 Å². The molecule has 0 radical (unpaired) electrons. The number of carbonyl (C=O) groups excluding carboxylic acids is 1. The molecule has 0 bridgehead atoms. The molecule has 1 aromatic carbocycles. The minimum atomic E-state index is 0.0193. The highest BCUT2D eigenvalue weighted by Gasteiger charge is 2.42. The van der Waals surface area contributed by atoms with Crippen LogP contribution in [0.15, 0.2) is 18.2 Å². The van der Waals surface area contributed by atoms with E-state index in [1.54, 1.807) is 6.07 Å². The van der Waals surface area contributed by atoms with Gasteiger partial charge in [0.05, 0.1) is 11.4 Å². The highest BCUT2D eigenvalue weighted by atomic mass is 16.1. The number of nitrogens with two attached hydrogens (primary N) is 1. The quantitative estimate of drug-likeness (QED) is 0.809. The molecule has 4 nitrogen and oxygen atoms in total. The lowest BCUT2D eigenvalue weighted by atomic mass is 10.1. The molecule has 0 saturated heterocycles. The highest BCUT2D eigenvalue weighted by molar-refractivity contribution is 5.96. The fourth-order valence-corrected chi connectivity index (χ4v) is 2.87. The third kappa shape index (κ3) is 2.74. The Hall–Kier alpha value is -1.71. The van der Waals surface area contributed by atoms with Crippen molar-refractivity contribution in [2.75, 3.05) is 24.7 Å². The number of rotatable bonds is 5. The molecule has 3 N–H and O–H groups in total. The summed E-state index contributed by atoms with van der Waals surface area (Å²) in [5.74, 6) is 1.44. The third-order valence-corrected chi connectivity index (χ3v) is 4.33. The molecule has 2 aliphatic carbocycles. The molecule has 0 atom stereocenters. The lowest BCUT2D eigenvalue weighted by Crippen LogP contribution is -2.38. The number of hydrogen-bond donors (Lipinski definition) is 2. The number of nitrogens with one attached hydrogen (secondary N) is 1. The number of nitrogen functional groups attached to an aromatic ring is 1. The molecule has 1 aromatic rings. The molecule has 0 aromatic heterocycles. The molecule has 1 amide bonds. The topological polar surface area (TPSA) is 58.4 Å². The van der Waals surface area contributed by atoms with Crippen molar-refractivity contribution in [1.29, 1.82) is 0 Å². The number of carbonyl (C=O) groups is 1. The monoisotopic (exact) mass is 273 g/mol. The van der Waals surface area contributed by atoms with Gasteiger partial charge in [0.1, 0.15) is 0 Å². The van der Waals surface area contributed by atoms with Gasteiger partial charge in [0.15, 0.2) is 0 Å². The first-order valence-corrected chi connectivity index (χ1v) is 7.44. The maximum absolute atomic E-state index is 12.4. The molecule has 2 aliphatic rings. The number of nitrogens with zero attached hydrogens (tertiary/aromatic N) is 1. The second-order valence-electron chi connectivity index (χ2n) is 6.34. The Morgan fingerprint density at radius 2 is 1.85 bits per heavy atom. The predicted molar refractivity (Wildman–Crippen MR) is 81.9 cm³/mol. The summed E-state index contributed by atoms with van der Waals surface area (Å²) in [7, 11) is 3.89. The Labute approximate surface area is 120 Å². The van der Waals surface area contributed by atoms with Gasteiger partial charge in [-0.2, -0.15) is 0 Å². The fourth-order valence-electron chi connectivity index (χ4n) is 2.87. The maximum Gasteiger partial charge on any atom is 0.251 e. The number of anilines is 2. The summed E-state index contributed by atoms with van der Waals surface area (Å²) in [5.41, 5.74) is 8.28. The molecule has 0 aliphatic heterocycles. The molecule has 2 saturated carbocycles. The van der Waals surface area contributed by atoms with Crippen LogP contribution in [0.3, 0.4) is 0 Å². The molecule has 4 heteroatoms. The normalized spacial score (nSPS) is 18.1. The van der Waals surface area contributed by atoms with Crippen molar-refractivity contribution in [3.63, 3.8) is 0 Å². The Bertz CT molecular complexity index is 506. The summed E-state index contributed by atoms with van der Waals surface area (Å²) < 4.78 is 0. The first kappa shape index (κ1) is 13.3. The molecule has 3 rings (SSSR count). The van der Waals surface area contributed by atoms with Gasteiger partial charge in [0.2, 0.25) is 0 Å². The van der Waals surface area contributed by atoms with Crippen LogP contribution in [-0.2, 0) is 0 Å². The SMILES string of the molecule is CN(C)c1ccc(C(=O)NC(C2CC2)C2CC2)cc1N. The smallest absolute Gasteiger partial charge is 0.251 e. The Morgan fingerprint density at radius 1 is 1.25 bits per heavy atom. The second kappa shape index (κ2) is 5.00. The Balaban J connectivity index is 1.71. The Kier molecular flexibility index (Phi) is 3.32. The van der Waals surface area contributed by atoms with Gasteiger partial charge in [-0.1, -0.05) is 0 Å². The van der Waals surface area contributed by atoms with Crippen molar-refractivity contribution in [2.45, 2.75) is 31.7 Å². The molecular formula is C16H23N3O. The number of amides is 1. The second-order valence-corrected chi connectivity index (χ2v) is 6.34. The van der Waals surface area contributed by atoms with Crippen LogP contribution in [0.1, 0.15) is 36.0 Å². The summed E-state index contributed by atoms with van der Waals surface area (Å²) >= 11 is 0. The molecule has 0 unspecified atom stereocenters. The van der Waals surface area contributed by atoms with Gasteiger partial charge in [-0.25, -0.2) is 0 Å². The summed E-state index contributed by atoms with van der Waals surface area (Å²) in [6.07, 6.45) is 5.07. The largest absolute Gasteiger partial charge is 0.397 e. The molecule has 0 spiro atoms. The van der Waals surface area contributed by atoms with Crippen LogP contribution in [0.4, 0.5) is 11.4 Å². The molecule has 2 fully saturated rings. The summed E-state index contributed by atoms with van der Waals surface area (Å²) in [6, 6.07) is 5.93.